The number of nitrogens with two attached hydrogens (primary N) is 1. The smallest absolute Gasteiger partial charge is 0.103 e. The van der Waals surface area contributed by atoms with Crippen LogP contribution in [0.3, 0.4) is 0 Å². The third kappa shape index (κ3) is 2.79. The lowest BCUT2D eigenvalue weighted by molar-refractivity contribution is 0.157. The van der Waals surface area contributed by atoms with Crippen LogP contribution in [0.15, 0.2) is 22.2 Å². The van der Waals surface area contributed by atoms with Gasteiger partial charge in [0.2, 0.25) is 0 Å². The van der Waals surface area contributed by atoms with Crippen LogP contribution in [0, 0.1) is 5.92 Å². The predicted molar refractivity (Wildman–Crippen MR) is 50.8 cm³/mol. The topological polar surface area (TPSA) is 46.2 Å². The number of halogens is 2. The van der Waals surface area contributed by atoms with Crippen LogP contribution in [0.4, 0.5) is 0 Å². The standard InChI is InChI=1S/C8H11Cl2NO/c9-6-2-1-5(3-8(11)12)7(10)4-6/h2,4-5,8,12H,1,3,11H2. The van der Waals surface area contributed by atoms with Crippen molar-refractivity contribution in [3.63, 3.8) is 0 Å². The van der Waals surface area contributed by atoms with Crippen LogP contribution in [-0.2, 0) is 0 Å². The molecule has 0 saturated heterocycles. The summed E-state index contributed by atoms with van der Waals surface area (Å²) < 4.78 is 0. The Hall–Kier alpha value is -0.0200. The number of aliphatic hydroxyl groups is 1. The minimum atomic E-state index is -0.803. The third-order valence-corrected chi connectivity index (χ3v) is 2.47. The van der Waals surface area contributed by atoms with Crippen LogP contribution in [0.5, 0.6) is 0 Å². The summed E-state index contributed by atoms with van der Waals surface area (Å²) in [7, 11) is 0. The SMILES string of the molecule is NC(O)CC1CC=C(Cl)C=C1Cl. The van der Waals surface area contributed by atoms with Gasteiger partial charge in [0, 0.05) is 16.0 Å². The van der Waals surface area contributed by atoms with E-state index in [0.29, 0.717) is 16.5 Å². The van der Waals surface area contributed by atoms with Crippen LogP contribution in [-0.4, -0.2) is 11.3 Å². The first-order chi connectivity index (χ1) is 5.59. The van der Waals surface area contributed by atoms with E-state index in [9.17, 15) is 0 Å². The van der Waals surface area contributed by atoms with Gasteiger partial charge in [-0.3, -0.25) is 0 Å². The van der Waals surface area contributed by atoms with Gasteiger partial charge in [0.25, 0.3) is 0 Å². The van der Waals surface area contributed by atoms with Crippen molar-refractivity contribution in [1.82, 2.24) is 0 Å². The van der Waals surface area contributed by atoms with Gasteiger partial charge in [0.1, 0.15) is 6.23 Å². The molecule has 0 aromatic carbocycles. The highest BCUT2D eigenvalue weighted by atomic mass is 35.5. The molecular weight excluding hydrogens is 197 g/mol. The Kier molecular flexibility index (Phi) is 3.59. The first kappa shape index (κ1) is 10.1. The van der Waals surface area contributed by atoms with Crippen LogP contribution in [0.25, 0.3) is 0 Å². The van der Waals surface area contributed by atoms with E-state index in [1.807, 2.05) is 6.08 Å². The van der Waals surface area contributed by atoms with Gasteiger partial charge in [0.05, 0.1) is 0 Å². The maximum atomic E-state index is 8.93. The second-order valence-corrected chi connectivity index (χ2v) is 3.73. The van der Waals surface area contributed by atoms with Gasteiger partial charge in [-0.15, -0.1) is 0 Å². The summed E-state index contributed by atoms with van der Waals surface area (Å²) in [6.07, 6.45) is 4.00. The molecule has 0 bridgehead atoms. The highest BCUT2D eigenvalue weighted by Gasteiger charge is 2.17. The average molecular weight is 208 g/mol. The summed E-state index contributed by atoms with van der Waals surface area (Å²) in [5.74, 6) is 0.120. The van der Waals surface area contributed by atoms with E-state index >= 15 is 0 Å². The van der Waals surface area contributed by atoms with E-state index in [-0.39, 0.29) is 5.92 Å². The highest BCUT2D eigenvalue weighted by molar-refractivity contribution is 6.35. The van der Waals surface area contributed by atoms with Crippen LogP contribution in [0.2, 0.25) is 0 Å². The maximum absolute atomic E-state index is 8.93. The molecule has 0 saturated carbocycles. The Balaban J connectivity index is 2.56. The van der Waals surface area contributed by atoms with Gasteiger partial charge in [-0.05, 0) is 18.9 Å². The fourth-order valence-electron chi connectivity index (χ4n) is 1.18. The van der Waals surface area contributed by atoms with E-state index in [1.165, 1.54) is 0 Å². The van der Waals surface area contributed by atoms with Crippen LogP contribution < -0.4 is 5.73 Å². The molecule has 3 N–H and O–H groups in total. The number of rotatable bonds is 2. The zero-order valence-corrected chi connectivity index (χ0v) is 8.02. The first-order valence-electron chi connectivity index (χ1n) is 3.76. The first-order valence-corrected chi connectivity index (χ1v) is 4.51. The minimum absolute atomic E-state index is 0.120. The molecule has 0 radical (unpaired) electrons. The van der Waals surface area contributed by atoms with Crippen molar-refractivity contribution in [1.29, 1.82) is 0 Å². The van der Waals surface area contributed by atoms with E-state index in [0.717, 1.165) is 6.42 Å². The van der Waals surface area contributed by atoms with Crippen LogP contribution >= 0.6 is 23.2 Å². The predicted octanol–water partition coefficient (Wildman–Crippen LogP) is 1.92. The lowest BCUT2D eigenvalue weighted by Crippen LogP contribution is -2.23. The fraction of sp³-hybridized carbons (Fsp3) is 0.500. The molecule has 0 aromatic heterocycles. The van der Waals surface area contributed by atoms with Crippen molar-refractivity contribution in [3.8, 4) is 0 Å². The summed E-state index contributed by atoms with van der Waals surface area (Å²) in [6, 6.07) is 0. The molecule has 68 valence electrons. The van der Waals surface area contributed by atoms with E-state index in [4.69, 9.17) is 34.0 Å². The zero-order valence-electron chi connectivity index (χ0n) is 6.50. The van der Waals surface area contributed by atoms with Gasteiger partial charge < -0.3 is 10.8 Å². The normalized spacial score (nSPS) is 26.2. The van der Waals surface area contributed by atoms with E-state index < -0.39 is 6.23 Å². The van der Waals surface area contributed by atoms with E-state index in [2.05, 4.69) is 0 Å². The Morgan fingerprint density at radius 3 is 2.83 bits per heavy atom. The maximum Gasteiger partial charge on any atom is 0.103 e. The fourth-order valence-corrected chi connectivity index (χ4v) is 1.73. The molecule has 2 unspecified atom stereocenters. The molecular formula is C8H11Cl2NO. The molecule has 1 aliphatic carbocycles. The highest BCUT2D eigenvalue weighted by Crippen LogP contribution is 2.30. The summed E-state index contributed by atoms with van der Waals surface area (Å²) in [5, 5.41) is 10.3. The lowest BCUT2D eigenvalue weighted by Gasteiger charge is -2.19. The van der Waals surface area contributed by atoms with E-state index in [1.54, 1.807) is 6.08 Å². The molecule has 4 heteroatoms. The van der Waals surface area contributed by atoms with Crippen molar-refractivity contribution in [2.24, 2.45) is 11.7 Å². The number of hydrogen-bond donors (Lipinski definition) is 2. The lowest BCUT2D eigenvalue weighted by atomic mass is 9.96. The second kappa shape index (κ2) is 4.28. The zero-order chi connectivity index (χ0) is 9.14. The molecule has 1 aliphatic rings. The van der Waals surface area contributed by atoms with Gasteiger partial charge in [-0.25, -0.2) is 0 Å². The molecule has 2 atom stereocenters. The molecule has 2 nitrogen and oxygen atoms in total. The largest absolute Gasteiger partial charge is 0.379 e. The number of hydrogen-bond acceptors (Lipinski definition) is 2. The molecule has 0 aliphatic heterocycles. The third-order valence-electron chi connectivity index (χ3n) is 1.79. The summed E-state index contributed by atoms with van der Waals surface area (Å²) in [5.41, 5.74) is 5.24. The summed E-state index contributed by atoms with van der Waals surface area (Å²) in [6.45, 7) is 0. The van der Waals surface area contributed by atoms with Crippen molar-refractivity contribution in [2.75, 3.05) is 0 Å². The monoisotopic (exact) mass is 207 g/mol. The van der Waals surface area contributed by atoms with Gasteiger partial charge in [-0.2, -0.15) is 0 Å². The van der Waals surface area contributed by atoms with Crippen molar-refractivity contribution in [2.45, 2.75) is 19.1 Å². The number of aliphatic hydroxyl groups excluding tert-OH is 1. The molecule has 12 heavy (non-hydrogen) atoms. The minimum Gasteiger partial charge on any atom is -0.379 e. The summed E-state index contributed by atoms with van der Waals surface area (Å²) in [4.78, 5) is 0. The van der Waals surface area contributed by atoms with Crippen molar-refractivity contribution < 1.29 is 5.11 Å². The molecule has 0 amide bonds. The molecule has 0 aromatic rings. The van der Waals surface area contributed by atoms with Crippen molar-refractivity contribution in [3.05, 3.63) is 22.2 Å². The summed E-state index contributed by atoms with van der Waals surface area (Å²) >= 11 is 11.6. The Bertz CT molecular complexity index is 223. The van der Waals surface area contributed by atoms with Crippen molar-refractivity contribution >= 4 is 23.2 Å². The van der Waals surface area contributed by atoms with Gasteiger partial charge in [-0.1, -0.05) is 29.3 Å². The van der Waals surface area contributed by atoms with Crippen LogP contribution in [0.1, 0.15) is 12.8 Å². The average Bonchev–Trinajstić information content (AvgIpc) is 1.94. The molecule has 0 fully saturated rings. The quantitative estimate of drug-likeness (QED) is 0.681. The Labute approximate surface area is 81.6 Å². The molecule has 0 heterocycles. The second-order valence-electron chi connectivity index (χ2n) is 2.85. The number of allylic oxidation sites excluding steroid dienone is 4. The Morgan fingerprint density at radius 2 is 2.33 bits per heavy atom. The molecule has 1 rings (SSSR count). The van der Waals surface area contributed by atoms with Gasteiger partial charge in [0.15, 0.2) is 0 Å². The Morgan fingerprint density at radius 1 is 1.67 bits per heavy atom. The van der Waals surface area contributed by atoms with Gasteiger partial charge >= 0.3 is 0 Å². The molecule has 0 spiro atoms.